The van der Waals surface area contributed by atoms with Gasteiger partial charge in [0.1, 0.15) is 0 Å². The molecule has 1 fully saturated rings. The van der Waals surface area contributed by atoms with Gasteiger partial charge in [0.15, 0.2) is 0 Å². The summed E-state index contributed by atoms with van der Waals surface area (Å²) in [5, 5.41) is 3.09. The Balaban J connectivity index is 2.43. The van der Waals surface area contributed by atoms with E-state index in [2.05, 4.69) is 35.1 Å². The maximum absolute atomic E-state index is 11.8. The fraction of sp³-hybridized carbons (Fsp3) is 0.929. The average molecular weight is 304 g/mol. The molecule has 0 heterocycles. The second kappa shape index (κ2) is 6.21. The first-order valence-electron chi connectivity index (χ1n) is 6.85. The van der Waals surface area contributed by atoms with Gasteiger partial charge in [0.2, 0.25) is 5.91 Å². The van der Waals surface area contributed by atoms with Gasteiger partial charge in [-0.15, -0.1) is 0 Å². The van der Waals surface area contributed by atoms with Crippen molar-refractivity contribution < 1.29 is 4.79 Å². The van der Waals surface area contributed by atoms with Crippen LogP contribution in [0.3, 0.4) is 0 Å². The minimum Gasteiger partial charge on any atom is -0.355 e. The van der Waals surface area contributed by atoms with Crippen LogP contribution >= 0.6 is 15.9 Å². The Morgan fingerprint density at radius 1 is 1.24 bits per heavy atom. The summed E-state index contributed by atoms with van der Waals surface area (Å²) >= 11 is 3.40. The number of halogens is 1. The van der Waals surface area contributed by atoms with E-state index in [4.69, 9.17) is 0 Å². The molecule has 0 aromatic heterocycles. The van der Waals surface area contributed by atoms with E-state index in [0.717, 1.165) is 18.4 Å². The van der Waals surface area contributed by atoms with Crippen LogP contribution < -0.4 is 5.32 Å². The summed E-state index contributed by atoms with van der Waals surface area (Å²) in [5.41, 5.74) is 0. The number of carbonyl (C=O) groups is 1. The molecule has 1 N–H and O–H groups in total. The van der Waals surface area contributed by atoms with E-state index in [1.54, 1.807) is 0 Å². The quantitative estimate of drug-likeness (QED) is 0.770. The number of hydrogen-bond donors (Lipinski definition) is 1. The van der Waals surface area contributed by atoms with Gasteiger partial charge in [0, 0.05) is 6.54 Å². The Hall–Kier alpha value is -0.0500. The van der Waals surface area contributed by atoms with Gasteiger partial charge in [-0.05, 0) is 44.4 Å². The SMILES string of the molecule is CCC1CC(CC)C(CNC(=O)C(C)(C)Br)C1. The Kier molecular flexibility index (Phi) is 5.49. The van der Waals surface area contributed by atoms with Crippen LogP contribution in [-0.4, -0.2) is 16.8 Å². The zero-order chi connectivity index (χ0) is 13.1. The van der Waals surface area contributed by atoms with Crippen LogP contribution in [0.5, 0.6) is 0 Å². The summed E-state index contributed by atoms with van der Waals surface area (Å²) in [6.45, 7) is 9.18. The van der Waals surface area contributed by atoms with Crippen molar-refractivity contribution in [3.05, 3.63) is 0 Å². The lowest BCUT2D eigenvalue weighted by atomic mass is 9.93. The minimum atomic E-state index is -0.447. The summed E-state index contributed by atoms with van der Waals surface area (Å²) in [6.07, 6.45) is 5.17. The highest BCUT2D eigenvalue weighted by atomic mass is 79.9. The maximum atomic E-state index is 11.8. The van der Waals surface area contributed by atoms with Crippen LogP contribution in [0, 0.1) is 17.8 Å². The van der Waals surface area contributed by atoms with E-state index in [-0.39, 0.29) is 5.91 Å². The second-order valence-corrected chi connectivity index (χ2v) is 7.84. The Morgan fingerprint density at radius 3 is 2.29 bits per heavy atom. The molecule has 0 radical (unpaired) electrons. The predicted octanol–water partition coefficient (Wildman–Crippen LogP) is 3.74. The van der Waals surface area contributed by atoms with E-state index < -0.39 is 4.32 Å². The molecule has 0 spiro atoms. The third-order valence-electron chi connectivity index (χ3n) is 4.11. The Labute approximate surface area is 114 Å². The van der Waals surface area contributed by atoms with Crippen molar-refractivity contribution in [2.75, 3.05) is 6.54 Å². The minimum absolute atomic E-state index is 0.104. The molecule has 1 rings (SSSR count). The molecule has 0 aliphatic heterocycles. The molecule has 3 atom stereocenters. The molecule has 17 heavy (non-hydrogen) atoms. The van der Waals surface area contributed by atoms with Crippen LogP contribution in [-0.2, 0) is 4.79 Å². The first kappa shape index (κ1) is 15.0. The topological polar surface area (TPSA) is 29.1 Å². The molecule has 1 aliphatic rings. The molecule has 2 nitrogen and oxygen atoms in total. The van der Waals surface area contributed by atoms with Gasteiger partial charge < -0.3 is 5.32 Å². The average Bonchev–Trinajstić information content (AvgIpc) is 2.66. The van der Waals surface area contributed by atoms with Gasteiger partial charge in [-0.3, -0.25) is 4.79 Å². The van der Waals surface area contributed by atoms with Crippen LogP contribution in [0.15, 0.2) is 0 Å². The van der Waals surface area contributed by atoms with Crippen LogP contribution in [0.2, 0.25) is 0 Å². The highest BCUT2D eigenvalue weighted by molar-refractivity contribution is 9.10. The summed E-state index contributed by atoms with van der Waals surface area (Å²) < 4.78 is -0.447. The molecule has 100 valence electrons. The van der Waals surface area contributed by atoms with Gasteiger partial charge in [-0.25, -0.2) is 0 Å². The molecule has 0 aromatic carbocycles. The molecule has 1 amide bonds. The van der Waals surface area contributed by atoms with Crippen molar-refractivity contribution in [3.8, 4) is 0 Å². The van der Waals surface area contributed by atoms with Gasteiger partial charge >= 0.3 is 0 Å². The lowest BCUT2D eigenvalue weighted by molar-refractivity contribution is -0.122. The van der Waals surface area contributed by atoms with Crippen molar-refractivity contribution >= 4 is 21.8 Å². The molecule has 1 aliphatic carbocycles. The number of carbonyl (C=O) groups excluding carboxylic acids is 1. The monoisotopic (exact) mass is 303 g/mol. The van der Waals surface area contributed by atoms with E-state index in [1.807, 2.05) is 13.8 Å². The van der Waals surface area contributed by atoms with Crippen molar-refractivity contribution in [1.29, 1.82) is 0 Å². The first-order valence-corrected chi connectivity index (χ1v) is 7.64. The van der Waals surface area contributed by atoms with E-state index in [1.165, 1.54) is 25.7 Å². The zero-order valence-corrected chi connectivity index (χ0v) is 13.1. The molecule has 0 bridgehead atoms. The van der Waals surface area contributed by atoms with Gasteiger partial charge in [0.25, 0.3) is 0 Å². The number of hydrogen-bond acceptors (Lipinski definition) is 1. The largest absolute Gasteiger partial charge is 0.355 e. The number of nitrogens with one attached hydrogen (secondary N) is 1. The van der Waals surface area contributed by atoms with Crippen LogP contribution in [0.4, 0.5) is 0 Å². The molecular formula is C14H26BrNO. The summed E-state index contributed by atoms with van der Waals surface area (Å²) in [7, 11) is 0. The maximum Gasteiger partial charge on any atom is 0.236 e. The molecule has 0 saturated heterocycles. The first-order chi connectivity index (χ1) is 7.88. The van der Waals surface area contributed by atoms with Crippen molar-refractivity contribution in [2.45, 2.75) is 57.7 Å². The van der Waals surface area contributed by atoms with E-state index in [9.17, 15) is 4.79 Å². The van der Waals surface area contributed by atoms with Gasteiger partial charge in [-0.1, -0.05) is 42.6 Å². The lowest BCUT2D eigenvalue weighted by Gasteiger charge is -2.21. The highest BCUT2D eigenvalue weighted by Gasteiger charge is 2.33. The smallest absolute Gasteiger partial charge is 0.236 e. The van der Waals surface area contributed by atoms with Crippen LogP contribution in [0.1, 0.15) is 53.4 Å². The molecule has 0 aromatic rings. The standard InChI is InChI=1S/C14H26BrNO/c1-5-10-7-11(6-2)12(8-10)9-16-13(17)14(3,4)15/h10-12H,5-9H2,1-4H3,(H,16,17). The Morgan fingerprint density at radius 2 is 1.82 bits per heavy atom. The third-order valence-corrected chi connectivity index (χ3v) is 4.47. The highest BCUT2D eigenvalue weighted by Crippen LogP contribution is 2.39. The summed E-state index contributed by atoms with van der Waals surface area (Å²) in [5.74, 6) is 2.47. The molecule has 1 saturated carbocycles. The zero-order valence-electron chi connectivity index (χ0n) is 11.6. The fourth-order valence-corrected chi connectivity index (χ4v) is 2.99. The van der Waals surface area contributed by atoms with Gasteiger partial charge in [-0.2, -0.15) is 0 Å². The summed E-state index contributed by atoms with van der Waals surface area (Å²) in [4.78, 5) is 11.8. The number of rotatable bonds is 5. The predicted molar refractivity (Wildman–Crippen MR) is 76.3 cm³/mol. The lowest BCUT2D eigenvalue weighted by Crippen LogP contribution is -2.40. The van der Waals surface area contributed by atoms with Crippen molar-refractivity contribution in [1.82, 2.24) is 5.32 Å². The van der Waals surface area contributed by atoms with E-state index >= 15 is 0 Å². The Bertz CT molecular complexity index is 259. The van der Waals surface area contributed by atoms with Crippen molar-refractivity contribution in [3.63, 3.8) is 0 Å². The number of amides is 1. The number of alkyl halides is 1. The summed E-state index contributed by atoms with van der Waals surface area (Å²) in [6, 6.07) is 0. The van der Waals surface area contributed by atoms with Crippen LogP contribution in [0.25, 0.3) is 0 Å². The fourth-order valence-electron chi connectivity index (χ4n) is 2.85. The van der Waals surface area contributed by atoms with E-state index in [0.29, 0.717) is 5.92 Å². The molecule has 3 unspecified atom stereocenters. The van der Waals surface area contributed by atoms with Crippen molar-refractivity contribution in [2.24, 2.45) is 17.8 Å². The molecule has 3 heteroatoms. The molecular weight excluding hydrogens is 278 g/mol. The third kappa shape index (κ3) is 4.27. The normalized spacial score (nSPS) is 29.4. The second-order valence-electron chi connectivity index (χ2n) is 5.86. The van der Waals surface area contributed by atoms with Gasteiger partial charge in [0.05, 0.1) is 4.32 Å².